The first kappa shape index (κ1) is 18.4. The van der Waals surface area contributed by atoms with Crippen LogP contribution >= 0.6 is 11.6 Å². The van der Waals surface area contributed by atoms with Crippen LogP contribution in [0.5, 0.6) is 0 Å². The monoisotopic (exact) mass is 408 g/mol. The van der Waals surface area contributed by atoms with E-state index in [-0.39, 0.29) is 17.9 Å². The topological polar surface area (TPSA) is 58.6 Å². The fraction of sp³-hybridized carbons (Fsp3) is 0.304. The minimum atomic E-state index is -0.711. The van der Waals surface area contributed by atoms with Crippen LogP contribution in [0.1, 0.15) is 11.1 Å². The smallest absolute Gasteiger partial charge is 0.230 e. The zero-order valence-electron chi connectivity index (χ0n) is 15.8. The lowest BCUT2D eigenvalue weighted by Gasteiger charge is -2.23. The van der Waals surface area contributed by atoms with E-state index in [9.17, 15) is 9.59 Å². The maximum Gasteiger partial charge on any atom is 0.230 e. The Balaban J connectivity index is 1.34. The standard InChI is InChI=1S/C23H21ClN2O3/c24-17-9-5-4-8-16(17)13-26-14-23-11-10-18(29-23)19(20(23)22(26)28)21(27)25-12-15-6-2-1-3-7-15/h1-11,18-20H,12-14H2,(H,25,27)/t18-,19?,20-,23?/m0/s1. The third-order valence-corrected chi connectivity index (χ3v) is 6.48. The van der Waals surface area contributed by atoms with E-state index in [1.54, 1.807) is 4.90 Å². The summed E-state index contributed by atoms with van der Waals surface area (Å²) in [5.41, 5.74) is 1.20. The van der Waals surface area contributed by atoms with Gasteiger partial charge in [0.15, 0.2) is 0 Å². The van der Waals surface area contributed by atoms with Gasteiger partial charge in [-0.15, -0.1) is 0 Å². The summed E-state index contributed by atoms with van der Waals surface area (Å²) in [6.07, 6.45) is 3.55. The predicted octanol–water partition coefficient (Wildman–Crippen LogP) is 2.94. The van der Waals surface area contributed by atoms with Crippen molar-refractivity contribution in [2.24, 2.45) is 11.8 Å². The minimum absolute atomic E-state index is 0.0448. The fourth-order valence-corrected chi connectivity index (χ4v) is 4.94. The van der Waals surface area contributed by atoms with Crippen LogP contribution in [0.2, 0.25) is 5.02 Å². The Morgan fingerprint density at radius 1 is 1.17 bits per heavy atom. The van der Waals surface area contributed by atoms with E-state index in [1.807, 2.05) is 66.7 Å². The molecular formula is C23H21ClN2O3. The van der Waals surface area contributed by atoms with Crippen LogP contribution in [0.3, 0.4) is 0 Å². The second-order valence-electron chi connectivity index (χ2n) is 7.89. The molecule has 29 heavy (non-hydrogen) atoms. The summed E-state index contributed by atoms with van der Waals surface area (Å²) in [5, 5.41) is 3.62. The van der Waals surface area contributed by atoms with Crippen molar-refractivity contribution in [3.8, 4) is 0 Å². The third-order valence-electron chi connectivity index (χ3n) is 6.11. The number of hydrogen-bond donors (Lipinski definition) is 1. The van der Waals surface area contributed by atoms with Crippen molar-refractivity contribution in [2.45, 2.75) is 24.8 Å². The van der Waals surface area contributed by atoms with Crippen LogP contribution in [0.25, 0.3) is 0 Å². The molecule has 2 unspecified atom stereocenters. The molecule has 2 amide bonds. The molecule has 2 fully saturated rings. The average molecular weight is 409 g/mol. The van der Waals surface area contributed by atoms with E-state index in [4.69, 9.17) is 16.3 Å². The Morgan fingerprint density at radius 3 is 2.72 bits per heavy atom. The SMILES string of the molecule is O=C(NCc1ccccc1)C1[C@@H]2C=CC3(CN(Cc4ccccc4Cl)C(=O)[C@H]13)O2. The maximum atomic E-state index is 13.3. The highest BCUT2D eigenvalue weighted by atomic mass is 35.5. The van der Waals surface area contributed by atoms with Crippen LogP contribution in [-0.4, -0.2) is 35.0 Å². The van der Waals surface area contributed by atoms with Crippen molar-refractivity contribution < 1.29 is 14.3 Å². The summed E-state index contributed by atoms with van der Waals surface area (Å²) < 4.78 is 6.17. The quantitative estimate of drug-likeness (QED) is 0.774. The number of benzene rings is 2. The Bertz CT molecular complexity index is 993. The molecule has 2 aromatic rings. The summed E-state index contributed by atoms with van der Waals surface area (Å²) >= 11 is 6.28. The van der Waals surface area contributed by atoms with Crippen molar-refractivity contribution in [1.82, 2.24) is 10.2 Å². The van der Waals surface area contributed by atoms with Gasteiger partial charge in [0.1, 0.15) is 5.60 Å². The van der Waals surface area contributed by atoms with Crippen LogP contribution in [-0.2, 0) is 27.4 Å². The zero-order chi connectivity index (χ0) is 20.0. The molecule has 0 aliphatic carbocycles. The molecule has 2 bridgehead atoms. The lowest BCUT2D eigenvalue weighted by molar-refractivity contribution is -0.137. The number of ether oxygens (including phenoxy) is 1. The molecule has 3 aliphatic heterocycles. The summed E-state index contributed by atoms with van der Waals surface area (Å²) in [5.74, 6) is -1.18. The first-order chi connectivity index (χ1) is 14.1. The van der Waals surface area contributed by atoms with Crippen LogP contribution in [0.15, 0.2) is 66.7 Å². The molecular weight excluding hydrogens is 388 g/mol. The molecule has 3 heterocycles. The van der Waals surface area contributed by atoms with Gasteiger partial charge >= 0.3 is 0 Å². The number of nitrogens with one attached hydrogen (secondary N) is 1. The van der Waals surface area contributed by atoms with Crippen molar-refractivity contribution in [1.29, 1.82) is 0 Å². The van der Waals surface area contributed by atoms with Crippen LogP contribution < -0.4 is 5.32 Å². The number of fused-ring (bicyclic) bond motifs is 1. The Hall–Kier alpha value is -2.63. The molecule has 4 atom stereocenters. The Morgan fingerprint density at radius 2 is 1.93 bits per heavy atom. The van der Waals surface area contributed by atoms with E-state index >= 15 is 0 Å². The maximum absolute atomic E-state index is 13.3. The highest BCUT2D eigenvalue weighted by Gasteiger charge is 2.66. The molecule has 3 aliphatic rings. The molecule has 2 saturated heterocycles. The highest BCUT2D eigenvalue weighted by molar-refractivity contribution is 6.31. The predicted molar refractivity (Wildman–Crippen MR) is 109 cm³/mol. The molecule has 0 aromatic heterocycles. The average Bonchev–Trinajstić information content (AvgIpc) is 3.37. The van der Waals surface area contributed by atoms with Crippen LogP contribution in [0, 0.1) is 11.8 Å². The largest absolute Gasteiger partial charge is 0.360 e. The minimum Gasteiger partial charge on any atom is -0.360 e. The number of likely N-dealkylation sites (tertiary alicyclic amines) is 1. The first-order valence-electron chi connectivity index (χ1n) is 9.78. The van der Waals surface area contributed by atoms with Gasteiger partial charge in [0, 0.05) is 18.1 Å². The van der Waals surface area contributed by atoms with Gasteiger partial charge in [0.2, 0.25) is 11.8 Å². The lowest BCUT2D eigenvalue weighted by atomic mass is 9.77. The number of nitrogens with zero attached hydrogens (tertiary/aromatic N) is 1. The first-order valence-corrected chi connectivity index (χ1v) is 10.2. The molecule has 2 aromatic carbocycles. The van der Waals surface area contributed by atoms with Crippen molar-refractivity contribution in [3.05, 3.63) is 82.9 Å². The number of carbonyl (C=O) groups excluding carboxylic acids is 2. The molecule has 148 valence electrons. The van der Waals surface area contributed by atoms with Gasteiger partial charge in [0.05, 0.1) is 24.5 Å². The molecule has 1 spiro atoms. The third kappa shape index (κ3) is 3.05. The van der Waals surface area contributed by atoms with Crippen molar-refractivity contribution in [3.63, 3.8) is 0 Å². The van der Waals surface area contributed by atoms with Gasteiger partial charge in [-0.3, -0.25) is 9.59 Å². The molecule has 0 saturated carbocycles. The van der Waals surface area contributed by atoms with Gasteiger partial charge in [-0.05, 0) is 17.2 Å². The van der Waals surface area contributed by atoms with Crippen molar-refractivity contribution >= 4 is 23.4 Å². The normalized spacial score (nSPS) is 29.3. The zero-order valence-corrected chi connectivity index (χ0v) is 16.5. The van der Waals surface area contributed by atoms with E-state index in [0.717, 1.165) is 11.1 Å². The van der Waals surface area contributed by atoms with E-state index < -0.39 is 17.4 Å². The van der Waals surface area contributed by atoms with Gasteiger partial charge in [-0.1, -0.05) is 72.3 Å². The van der Waals surface area contributed by atoms with E-state index in [2.05, 4.69) is 5.32 Å². The second kappa shape index (κ2) is 7.01. The van der Waals surface area contributed by atoms with Gasteiger partial charge < -0.3 is 15.0 Å². The van der Waals surface area contributed by atoms with Crippen molar-refractivity contribution in [2.75, 3.05) is 6.54 Å². The molecule has 6 heteroatoms. The molecule has 5 nitrogen and oxygen atoms in total. The lowest BCUT2D eigenvalue weighted by Crippen LogP contribution is -2.43. The number of halogens is 1. The van der Waals surface area contributed by atoms with Gasteiger partial charge in [0.25, 0.3) is 0 Å². The summed E-state index contributed by atoms with van der Waals surface area (Å²) in [6.45, 7) is 1.29. The highest BCUT2D eigenvalue weighted by Crippen LogP contribution is 2.52. The van der Waals surface area contributed by atoms with Gasteiger partial charge in [-0.2, -0.15) is 0 Å². The van der Waals surface area contributed by atoms with Crippen LogP contribution in [0.4, 0.5) is 0 Å². The second-order valence-corrected chi connectivity index (χ2v) is 8.30. The molecule has 1 N–H and O–H groups in total. The van der Waals surface area contributed by atoms with Gasteiger partial charge in [-0.25, -0.2) is 0 Å². The van der Waals surface area contributed by atoms with E-state index in [1.165, 1.54) is 0 Å². The number of hydrogen-bond acceptors (Lipinski definition) is 3. The number of amides is 2. The number of rotatable bonds is 5. The summed E-state index contributed by atoms with van der Waals surface area (Å²) in [4.78, 5) is 28.0. The number of carbonyl (C=O) groups is 2. The Kier molecular flexibility index (Phi) is 4.45. The Labute approximate surface area is 174 Å². The molecule has 0 radical (unpaired) electrons. The molecule has 5 rings (SSSR count). The summed E-state index contributed by atoms with van der Waals surface area (Å²) in [7, 11) is 0. The van der Waals surface area contributed by atoms with E-state index in [0.29, 0.717) is 24.7 Å². The summed E-state index contributed by atoms with van der Waals surface area (Å²) in [6, 6.07) is 17.2. The fourth-order valence-electron chi connectivity index (χ4n) is 4.75.